The molecule has 1 aromatic heterocycles. The molecular formula is C15H23N3O2. The second-order valence-corrected chi connectivity index (χ2v) is 5.62. The summed E-state index contributed by atoms with van der Waals surface area (Å²) in [6.45, 7) is 4.97. The van der Waals surface area contributed by atoms with Crippen LogP contribution < -0.4 is 16.2 Å². The smallest absolute Gasteiger partial charge is 0.254 e. The fourth-order valence-corrected chi connectivity index (χ4v) is 3.04. The Hall–Kier alpha value is -1.62. The molecule has 1 fully saturated rings. The Bertz CT molecular complexity index is 502. The van der Waals surface area contributed by atoms with Crippen LogP contribution in [0, 0.1) is 25.7 Å². The van der Waals surface area contributed by atoms with E-state index in [0.717, 1.165) is 24.1 Å². The Morgan fingerprint density at radius 1 is 1.40 bits per heavy atom. The van der Waals surface area contributed by atoms with E-state index in [1.807, 2.05) is 19.9 Å². The lowest BCUT2D eigenvalue weighted by Gasteiger charge is -2.19. The van der Waals surface area contributed by atoms with E-state index in [9.17, 15) is 4.79 Å². The number of carbonyl (C=O) groups excluding carboxylic acids is 1. The summed E-state index contributed by atoms with van der Waals surface area (Å²) in [5.41, 5.74) is 13.2. The van der Waals surface area contributed by atoms with Crippen molar-refractivity contribution >= 4 is 5.91 Å². The first-order valence-corrected chi connectivity index (χ1v) is 7.13. The van der Waals surface area contributed by atoms with Crippen molar-refractivity contribution in [1.82, 2.24) is 4.98 Å². The van der Waals surface area contributed by atoms with Gasteiger partial charge < -0.3 is 16.2 Å². The van der Waals surface area contributed by atoms with Crippen molar-refractivity contribution in [2.24, 2.45) is 23.3 Å². The summed E-state index contributed by atoms with van der Waals surface area (Å²) in [6.07, 6.45) is 3.48. The second-order valence-electron chi connectivity index (χ2n) is 5.62. The van der Waals surface area contributed by atoms with E-state index in [1.165, 1.54) is 6.42 Å². The first kappa shape index (κ1) is 14.8. The van der Waals surface area contributed by atoms with Crippen LogP contribution in [0.3, 0.4) is 0 Å². The molecule has 0 radical (unpaired) electrons. The molecule has 0 aromatic carbocycles. The number of aromatic nitrogens is 1. The van der Waals surface area contributed by atoms with Crippen LogP contribution in [0.15, 0.2) is 6.07 Å². The van der Waals surface area contributed by atoms with E-state index in [-0.39, 0.29) is 0 Å². The molecule has 1 saturated carbocycles. The molecule has 5 nitrogen and oxygen atoms in total. The summed E-state index contributed by atoms with van der Waals surface area (Å²) in [4.78, 5) is 15.9. The Balaban J connectivity index is 2.14. The number of ether oxygens (including phenoxy) is 1. The molecule has 0 aliphatic heterocycles. The third-order valence-electron chi connectivity index (χ3n) is 4.11. The van der Waals surface area contributed by atoms with Crippen LogP contribution >= 0.6 is 0 Å². The van der Waals surface area contributed by atoms with Crippen LogP contribution in [-0.4, -0.2) is 24.0 Å². The lowest BCUT2D eigenvalue weighted by Crippen LogP contribution is -2.24. The highest BCUT2D eigenvalue weighted by atomic mass is 16.5. The Labute approximate surface area is 119 Å². The minimum atomic E-state index is -0.494. The van der Waals surface area contributed by atoms with Gasteiger partial charge in [-0.25, -0.2) is 4.98 Å². The van der Waals surface area contributed by atoms with Crippen molar-refractivity contribution in [3.8, 4) is 5.88 Å². The fourth-order valence-electron chi connectivity index (χ4n) is 3.04. The number of pyridine rings is 1. The van der Waals surface area contributed by atoms with E-state index in [1.54, 1.807) is 0 Å². The molecule has 2 unspecified atom stereocenters. The predicted molar refractivity (Wildman–Crippen MR) is 77.6 cm³/mol. The van der Waals surface area contributed by atoms with Crippen LogP contribution in [0.5, 0.6) is 5.88 Å². The van der Waals surface area contributed by atoms with Gasteiger partial charge in [-0.2, -0.15) is 0 Å². The van der Waals surface area contributed by atoms with Crippen molar-refractivity contribution in [2.75, 3.05) is 13.2 Å². The number of nitrogens with zero attached hydrogens (tertiary/aromatic N) is 1. The largest absolute Gasteiger partial charge is 0.477 e. The molecule has 20 heavy (non-hydrogen) atoms. The summed E-state index contributed by atoms with van der Waals surface area (Å²) >= 11 is 0. The Kier molecular flexibility index (Phi) is 4.60. The van der Waals surface area contributed by atoms with Gasteiger partial charge in [0, 0.05) is 5.69 Å². The van der Waals surface area contributed by atoms with Gasteiger partial charge in [0.2, 0.25) is 5.88 Å². The number of rotatable bonds is 5. The Morgan fingerprint density at radius 3 is 2.75 bits per heavy atom. The maximum absolute atomic E-state index is 11.6. The number of nitrogens with two attached hydrogens (primary N) is 2. The van der Waals surface area contributed by atoms with E-state index in [4.69, 9.17) is 16.2 Å². The predicted octanol–water partition coefficient (Wildman–Crippen LogP) is 1.55. The zero-order valence-electron chi connectivity index (χ0n) is 12.2. The lowest BCUT2D eigenvalue weighted by atomic mass is 9.97. The van der Waals surface area contributed by atoms with Crippen molar-refractivity contribution in [3.63, 3.8) is 0 Å². The topological polar surface area (TPSA) is 91.2 Å². The standard InChI is InChI=1S/C15H23N3O2/c1-9-6-10(2)18-15(13(9)14(17)19)20-8-12-5-3-4-11(12)7-16/h6,11-12H,3-5,7-8,16H2,1-2H3,(H2,17,19). The molecule has 1 amide bonds. The highest BCUT2D eigenvalue weighted by Crippen LogP contribution is 2.32. The lowest BCUT2D eigenvalue weighted by molar-refractivity contribution is 0.0992. The first-order chi connectivity index (χ1) is 9.52. The number of hydrogen-bond donors (Lipinski definition) is 2. The third kappa shape index (κ3) is 3.10. The first-order valence-electron chi connectivity index (χ1n) is 7.13. The van der Waals surface area contributed by atoms with Gasteiger partial charge in [0.05, 0.1) is 6.61 Å². The summed E-state index contributed by atoms with van der Waals surface area (Å²) in [5, 5.41) is 0. The molecule has 0 spiro atoms. The molecule has 5 heteroatoms. The number of primary amides is 1. The van der Waals surface area contributed by atoms with Gasteiger partial charge in [0.15, 0.2) is 0 Å². The van der Waals surface area contributed by atoms with Crippen molar-refractivity contribution in [3.05, 3.63) is 22.9 Å². The Morgan fingerprint density at radius 2 is 2.10 bits per heavy atom. The van der Waals surface area contributed by atoms with Gasteiger partial charge in [-0.1, -0.05) is 6.42 Å². The summed E-state index contributed by atoms with van der Waals surface area (Å²) < 4.78 is 5.81. The van der Waals surface area contributed by atoms with Gasteiger partial charge in [0.1, 0.15) is 5.56 Å². The number of amides is 1. The maximum atomic E-state index is 11.6. The van der Waals surface area contributed by atoms with Crippen LogP contribution in [0.2, 0.25) is 0 Å². The van der Waals surface area contributed by atoms with E-state index in [0.29, 0.717) is 36.4 Å². The molecule has 4 N–H and O–H groups in total. The minimum Gasteiger partial charge on any atom is -0.477 e. The molecule has 0 saturated heterocycles. The average molecular weight is 277 g/mol. The molecule has 0 bridgehead atoms. The van der Waals surface area contributed by atoms with Gasteiger partial charge in [0.25, 0.3) is 5.91 Å². The highest BCUT2D eigenvalue weighted by molar-refractivity contribution is 5.96. The molecule has 1 heterocycles. The number of carbonyl (C=O) groups is 1. The van der Waals surface area contributed by atoms with E-state index < -0.39 is 5.91 Å². The molecule has 110 valence electrons. The quantitative estimate of drug-likeness (QED) is 0.854. The fraction of sp³-hybridized carbons (Fsp3) is 0.600. The SMILES string of the molecule is Cc1cc(C)c(C(N)=O)c(OCC2CCCC2CN)n1. The van der Waals surface area contributed by atoms with E-state index >= 15 is 0 Å². The van der Waals surface area contributed by atoms with Gasteiger partial charge >= 0.3 is 0 Å². The molecular weight excluding hydrogens is 254 g/mol. The normalized spacial score (nSPS) is 21.9. The van der Waals surface area contributed by atoms with Gasteiger partial charge in [-0.15, -0.1) is 0 Å². The minimum absolute atomic E-state index is 0.359. The van der Waals surface area contributed by atoms with Crippen LogP contribution in [-0.2, 0) is 0 Å². The molecule has 2 rings (SSSR count). The van der Waals surface area contributed by atoms with Crippen LogP contribution in [0.1, 0.15) is 40.9 Å². The highest BCUT2D eigenvalue weighted by Gasteiger charge is 2.27. The van der Waals surface area contributed by atoms with Crippen molar-refractivity contribution in [2.45, 2.75) is 33.1 Å². The third-order valence-corrected chi connectivity index (χ3v) is 4.11. The van der Waals surface area contributed by atoms with Gasteiger partial charge in [-0.05, 0) is 56.7 Å². The zero-order chi connectivity index (χ0) is 14.7. The van der Waals surface area contributed by atoms with Crippen molar-refractivity contribution in [1.29, 1.82) is 0 Å². The molecule has 1 aliphatic rings. The van der Waals surface area contributed by atoms with Gasteiger partial charge in [-0.3, -0.25) is 4.79 Å². The monoisotopic (exact) mass is 277 g/mol. The average Bonchev–Trinajstić information content (AvgIpc) is 2.82. The summed E-state index contributed by atoms with van der Waals surface area (Å²) in [7, 11) is 0. The summed E-state index contributed by atoms with van der Waals surface area (Å²) in [5.74, 6) is 0.825. The van der Waals surface area contributed by atoms with Crippen LogP contribution in [0.4, 0.5) is 0 Å². The zero-order valence-corrected chi connectivity index (χ0v) is 12.2. The number of hydrogen-bond acceptors (Lipinski definition) is 4. The number of aryl methyl sites for hydroxylation is 2. The van der Waals surface area contributed by atoms with Crippen LogP contribution in [0.25, 0.3) is 0 Å². The van der Waals surface area contributed by atoms with E-state index in [2.05, 4.69) is 4.98 Å². The maximum Gasteiger partial charge on any atom is 0.254 e. The van der Waals surface area contributed by atoms with Crippen molar-refractivity contribution < 1.29 is 9.53 Å². The second kappa shape index (κ2) is 6.22. The molecule has 2 atom stereocenters. The molecule has 1 aliphatic carbocycles. The summed E-state index contributed by atoms with van der Waals surface area (Å²) in [6, 6.07) is 1.84. The molecule has 1 aromatic rings.